The van der Waals surface area contributed by atoms with Gasteiger partial charge in [-0.3, -0.25) is 0 Å². The number of rotatable bonds is 6. The van der Waals surface area contributed by atoms with E-state index in [4.69, 9.17) is 23.2 Å². The second kappa shape index (κ2) is 7.56. The van der Waals surface area contributed by atoms with Gasteiger partial charge in [-0.25, -0.2) is 0 Å². The second-order valence-electron chi connectivity index (χ2n) is 4.10. The van der Waals surface area contributed by atoms with Crippen molar-refractivity contribution >= 4 is 23.2 Å². The summed E-state index contributed by atoms with van der Waals surface area (Å²) >= 11 is 11.1. The van der Waals surface area contributed by atoms with Crippen LogP contribution in [0.5, 0.6) is 0 Å². The molecule has 0 aliphatic rings. The Hall–Kier alpha value is 0.280. The van der Waals surface area contributed by atoms with Crippen LogP contribution in [0.25, 0.3) is 0 Å². The van der Waals surface area contributed by atoms with Crippen molar-refractivity contribution in [1.29, 1.82) is 0 Å². The Morgan fingerprint density at radius 2 is 1.93 bits per heavy atom. The van der Waals surface area contributed by atoms with Gasteiger partial charge in [0.25, 0.3) is 0 Å². The van der Waals surface area contributed by atoms with Gasteiger partial charge in [0.1, 0.15) is 4.84 Å². The van der Waals surface area contributed by atoms with E-state index in [1.807, 2.05) is 0 Å². The lowest BCUT2D eigenvalue weighted by atomic mass is 9.98. The van der Waals surface area contributed by atoms with E-state index in [1.165, 1.54) is 5.57 Å². The first-order valence-electron chi connectivity index (χ1n) is 5.03. The van der Waals surface area contributed by atoms with Crippen molar-refractivity contribution in [2.24, 2.45) is 5.92 Å². The van der Waals surface area contributed by atoms with Crippen molar-refractivity contribution in [1.82, 2.24) is 0 Å². The molecule has 84 valence electrons. The van der Waals surface area contributed by atoms with Crippen molar-refractivity contribution in [3.63, 3.8) is 0 Å². The minimum Gasteiger partial charge on any atom is -0.390 e. The van der Waals surface area contributed by atoms with Gasteiger partial charge >= 0.3 is 0 Å². The van der Waals surface area contributed by atoms with Crippen molar-refractivity contribution in [2.75, 3.05) is 0 Å². The summed E-state index contributed by atoms with van der Waals surface area (Å²) in [5.41, 5.74) is 1.34. The first-order chi connectivity index (χ1) is 6.43. The molecule has 2 atom stereocenters. The number of hydrogen-bond acceptors (Lipinski definition) is 1. The van der Waals surface area contributed by atoms with Crippen LogP contribution in [-0.2, 0) is 0 Å². The molecule has 0 saturated heterocycles. The van der Waals surface area contributed by atoms with Crippen molar-refractivity contribution in [3.8, 4) is 0 Å². The van der Waals surface area contributed by atoms with Crippen LogP contribution in [0.1, 0.15) is 40.0 Å². The van der Waals surface area contributed by atoms with Gasteiger partial charge in [-0.05, 0) is 39.0 Å². The largest absolute Gasteiger partial charge is 0.390 e. The molecular weight excluding hydrogens is 219 g/mol. The fraction of sp³-hybridized carbons (Fsp3) is 0.818. The molecule has 0 aliphatic heterocycles. The zero-order valence-electron chi connectivity index (χ0n) is 9.13. The van der Waals surface area contributed by atoms with Crippen molar-refractivity contribution in [2.45, 2.75) is 51.0 Å². The van der Waals surface area contributed by atoms with E-state index < -0.39 is 10.9 Å². The van der Waals surface area contributed by atoms with Gasteiger partial charge in [0.05, 0.1) is 6.10 Å². The number of aliphatic hydroxyl groups is 1. The first-order valence-corrected chi connectivity index (χ1v) is 5.90. The smallest absolute Gasteiger partial charge is 0.133 e. The van der Waals surface area contributed by atoms with E-state index >= 15 is 0 Å². The lowest BCUT2D eigenvalue weighted by Crippen LogP contribution is -2.18. The highest BCUT2D eigenvalue weighted by Crippen LogP contribution is 2.19. The van der Waals surface area contributed by atoms with Crippen LogP contribution in [0.2, 0.25) is 0 Å². The molecule has 0 fully saturated rings. The summed E-state index contributed by atoms with van der Waals surface area (Å²) in [6.07, 6.45) is 4.42. The summed E-state index contributed by atoms with van der Waals surface area (Å²) in [6.45, 7) is 6.29. The summed E-state index contributed by atoms with van der Waals surface area (Å²) in [7, 11) is 0. The molecule has 1 nitrogen and oxygen atoms in total. The topological polar surface area (TPSA) is 20.2 Å². The molecule has 0 aromatic heterocycles. The van der Waals surface area contributed by atoms with Crippen molar-refractivity contribution < 1.29 is 5.11 Å². The molecular formula is C11H20Cl2O. The first kappa shape index (κ1) is 14.3. The Bertz CT molecular complexity index is 174. The number of hydrogen-bond donors (Lipinski definition) is 1. The Balaban J connectivity index is 3.65. The molecule has 0 bridgehead atoms. The molecule has 0 amide bonds. The minimum absolute atomic E-state index is 0.459. The zero-order chi connectivity index (χ0) is 11.1. The van der Waals surface area contributed by atoms with Gasteiger partial charge in [0.15, 0.2) is 0 Å². The average Bonchev–Trinajstić information content (AvgIpc) is 2.02. The maximum absolute atomic E-state index is 9.43. The fourth-order valence-electron chi connectivity index (χ4n) is 1.29. The third-order valence-corrected chi connectivity index (χ3v) is 2.73. The summed E-state index contributed by atoms with van der Waals surface area (Å²) in [6, 6.07) is 0. The molecule has 3 heteroatoms. The highest BCUT2D eigenvalue weighted by molar-refractivity contribution is 6.44. The van der Waals surface area contributed by atoms with E-state index in [2.05, 4.69) is 26.8 Å². The molecule has 0 aromatic carbocycles. The molecule has 0 rings (SSSR count). The van der Waals surface area contributed by atoms with E-state index in [-0.39, 0.29) is 0 Å². The maximum Gasteiger partial charge on any atom is 0.133 e. The Labute approximate surface area is 97.1 Å². The van der Waals surface area contributed by atoms with Gasteiger partial charge < -0.3 is 5.11 Å². The van der Waals surface area contributed by atoms with Crippen molar-refractivity contribution in [3.05, 3.63) is 11.6 Å². The van der Waals surface area contributed by atoms with Gasteiger partial charge in [-0.1, -0.05) is 18.6 Å². The SMILES string of the molecule is CC(C)=CCCC(C)CC(O)C(Cl)Cl. The monoisotopic (exact) mass is 238 g/mol. The van der Waals surface area contributed by atoms with Gasteiger partial charge in [-0.2, -0.15) is 0 Å². The molecule has 0 spiro atoms. The molecule has 0 heterocycles. The lowest BCUT2D eigenvalue weighted by molar-refractivity contribution is 0.156. The van der Waals surface area contributed by atoms with Crippen LogP contribution in [0.3, 0.4) is 0 Å². The third-order valence-electron chi connectivity index (χ3n) is 2.15. The molecule has 0 saturated carbocycles. The second-order valence-corrected chi connectivity index (χ2v) is 5.27. The lowest BCUT2D eigenvalue weighted by Gasteiger charge is -2.16. The molecule has 0 radical (unpaired) electrons. The maximum atomic E-state index is 9.43. The molecule has 1 N–H and O–H groups in total. The molecule has 14 heavy (non-hydrogen) atoms. The number of alkyl halides is 2. The standard InChI is InChI=1S/C11H20Cl2O/c1-8(2)5-4-6-9(3)7-10(14)11(12)13/h5,9-11,14H,4,6-7H2,1-3H3. The molecule has 0 aromatic rings. The van der Waals surface area contributed by atoms with Gasteiger partial charge in [0.2, 0.25) is 0 Å². The summed E-state index contributed by atoms with van der Waals surface area (Å²) in [5.74, 6) is 0.459. The Kier molecular flexibility index (Phi) is 7.71. The number of aliphatic hydroxyl groups excluding tert-OH is 1. The van der Waals surface area contributed by atoms with Crippen LogP contribution >= 0.6 is 23.2 Å². The summed E-state index contributed by atoms with van der Waals surface area (Å²) in [4.78, 5) is -0.666. The van der Waals surface area contributed by atoms with Crippen LogP contribution < -0.4 is 0 Å². The normalized spacial score (nSPS) is 15.4. The van der Waals surface area contributed by atoms with Crippen LogP contribution in [0.4, 0.5) is 0 Å². The highest BCUT2D eigenvalue weighted by Gasteiger charge is 2.16. The third kappa shape index (κ3) is 7.66. The minimum atomic E-state index is -0.666. The molecule has 0 aliphatic carbocycles. The fourth-order valence-corrected chi connectivity index (χ4v) is 1.50. The van der Waals surface area contributed by atoms with Crippen LogP contribution in [0.15, 0.2) is 11.6 Å². The predicted molar refractivity (Wildman–Crippen MR) is 63.9 cm³/mol. The molecule has 2 unspecified atom stereocenters. The summed E-state index contributed by atoms with van der Waals surface area (Å²) in [5, 5.41) is 9.43. The van der Waals surface area contributed by atoms with E-state index in [9.17, 15) is 5.11 Å². The van der Waals surface area contributed by atoms with E-state index in [1.54, 1.807) is 0 Å². The highest BCUT2D eigenvalue weighted by atomic mass is 35.5. The van der Waals surface area contributed by atoms with Crippen LogP contribution in [0, 0.1) is 5.92 Å². The predicted octanol–water partition coefficient (Wildman–Crippen LogP) is 3.92. The quantitative estimate of drug-likeness (QED) is 0.550. The number of allylic oxidation sites excluding steroid dienone is 2. The van der Waals surface area contributed by atoms with Gasteiger partial charge in [-0.15, -0.1) is 23.2 Å². The van der Waals surface area contributed by atoms with E-state index in [0.717, 1.165) is 12.8 Å². The van der Waals surface area contributed by atoms with E-state index in [0.29, 0.717) is 12.3 Å². The van der Waals surface area contributed by atoms with Crippen LogP contribution in [-0.4, -0.2) is 16.0 Å². The zero-order valence-corrected chi connectivity index (χ0v) is 10.6. The number of halogens is 2. The summed E-state index contributed by atoms with van der Waals surface area (Å²) < 4.78 is 0. The average molecular weight is 239 g/mol. The van der Waals surface area contributed by atoms with Gasteiger partial charge in [0, 0.05) is 0 Å². The Morgan fingerprint density at radius 3 is 2.36 bits per heavy atom. The Morgan fingerprint density at radius 1 is 1.36 bits per heavy atom.